The van der Waals surface area contributed by atoms with Crippen molar-refractivity contribution in [1.29, 1.82) is 0 Å². The predicted molar refractivity (Wildman–Crippen MR) is 84.9 cm³/mol. The second-order valence-electron chi connectivity index (χ2n) is 4.66. The lowest BCUT2D eigenvalue weighted by atomic mass is 9.98. The maximum absolute atomic E-state index is 12.7. The van der Waals surface area contributed by atoms with Gasteiger partial charge in [-0.3, -0.25) is 9.59 Å². The van der Waals surface area contributed by atoms with Crippen LogP contribution < -0.4 is 4.74 Å². The molecule has 0 spiro atoms. The fourth-order valence-corrected chi connectivity index (χ4v) is 4.11. The normalized spacial score (nSPS) is 20.9. The monoisotopic (exact) mass is 336 g/mol. The first kappa shape index (κ1) is 15.2. The molecule has 1 aromatic rings. The summed E-state index contributed by atoms with van der Waals surface area (Å²) in [6, 6.07) is 4.15. The largest absolute Gasteiger partial charge is 0.508 e. The number of phenolic OH excluding ortho intramolecular Hbond substituents is 1. The number of aromatic hydroxyl groups is 1. The zero-order valence-electron chi connectivity index (χ0n) is 11.3. The van der Waals surface area contributed by atoms with Crippen LogP contribution >= 0.6 is 23.5 Å². The van der Waals surface area contributed by atoms with Crippen molar-refractivity contribution in [1.82, 2.24) is 0 Å². The van der Waals surface area contributed by atoms with E-state index in [1.54, 1.807) is 10.8 Å². The van der Waals surface area contributed by atoms with Gasteiger partial charge in [0.2, 0.25) is 11.6 Å². The summed E-state index contributed by atoms with van der Waals surface area (Å²) in [6.45, 7) is -0.223. The van der Waals surface area contributed by atoms with Crippen molar-refractivity contribution in [2.24, 2.45) is 0 Å². The van der Waals surface area contributed by atoms with Crippen LogP contribution in [0, 0.1) is 0 Å². The molecule has 0 aliphatic carbocycles. The lowest BCUT2D eigenvalue weighted by Crippen LogP contribution is -2.30. The van der Waals surface area contributed by atoms with Gasteiger partial charge in [-0.2, -0.15) is 0 Å². The topological polar surface area (TPSA) is 83.8 Å². The third-order valence-electron chi connectivity index (χ3n) is 3.24. The molecule has 0 saturated heterocycles. The number of fused-ring (bicyclic) bond motifs is 1. The fourth-order valence-electron chi connectivity index (χ4n) is 2.24. The molecule has 0 fully saturated rings. The Morgan fingerprint density at radius 2 is 1.91 bits per heavy atom. The minimum absolute atomic E-state index is 0.0581. The van der Waals surface area contributed by atoms with E-state index in [1.165, 1.54) is 41.7 Å². The number of ether oxygens (including phenoxy) is 1. The van der Waals surface area contributed by atoms with E-state index in [2.05, 4.69) is 0 Å². The molecule has 2 aliphatic heterocycles. The van der Waals surface area contributed by atoms with E-state index < -0.39 is 17.7 Å². The first-order chi connectivity index (χ1) is 10.6. The Morgan fingerprint density at radius 3 is 2.59 bits per heavy atom. The number of aliphatic hydroxyl groups excluding tert-OH is 1. The Bertz CT molecular complexity index is 698. The lowest BCUT2D eigenvalue weighted by Gasteiger charge is -2.15. The third-order valence-corrected chi connectivity index (χ3v) is 5.37. The number of thioether (sulfide) groups is 2. The Hall–Kier alpha value is -1.70. The number of ketones is 2. The van der Waals surface area contributed by atoms with E-state index in [1.807, 2.05) is 0 Å². The zero-order valence-corrected chi connectivity index (χ0v) is 12.9. The summed E-state index contributed by atoms with van der Waals surface area (Å²) < 4.78 is 6.21. The third kappa shape index (κ3) is 2.67. The van der Waals surface area contributed by atoms with Gasteiger partial charge in [-0.1, -0.05) is 23.5 Å². The first-order valence-corrected chi connectivity index (χ1v) is 8.30. The number of phenols is 1. The lowest BCUT2D eigenvalue weighted by molar-refractivity contribution is -0.122. The van der Waals surface area contributed by atoms with Gasteiger partial charge in [0.05, 0.1) is 15.4 Å². The van der Waals surface area contributed by atoms with Gasteiger partial charge in [-0.15, -0.1) is 0 Å². The molecule has 2 heterocycles. The minimum Gasteiger partial charge on any atom is -0.508 e. The minimum atomic E-state index is -0.913. The van der Waals surface area contributed by atoms with Crippen LogP contribution in [0.25, 0.3) is 0 Å². The highest BCUT2D eigenvalue weighted by atomic mass is 32.2. The van der Waals surface area contributed by atoms with Crippen LogP contribution in [-0.4, -0.2) is 34.5 Å². The molecular weight excluding hydrogens is 324 g/mol. The number of benzene rings is 1. The van der Waals surface area contributed by atoms with Crippen LogP contribution in [0.3, 0.4) is 0 Å². The molecule has 0 radical (unpaired) electrons. The summed E-state index contributed by atoms with van der Waals surface area (Å²) in [4.78, 5) is 25.4. The summed E-state index contributed by atoms with van der Waals surface area (Å²) in [7, 11) is 0. The van der Waals surface area contributed by atoms with Crippen molar-refractivity contribution in [2.45, 2.75) is 12.5 Å². The van der Waals surface area contributed by atoms with Crippen molar-refractivity contribution in [3.05, 3.63) is 44.4 Å². The van der Waals surface area contributed by atoms with E-state index in [0.717, 1.165) is 0 Å². The van der Waals surface area contributed by atoms with Crippen molar-refractivity contribution in [3.63, 3.8) is 0 Å². The highest BCUT2D eigenvalue weighted by Crippen LogP contribution is 2.43. The summed E-state index contributed by atoms with van der Waals surface area (Å²) in [5.41, 5.74) is 0.215. The summed E-state index contributed by atoms with van der Waals surface area (Å²) >= 11 is 2.61. The molecule has 1 aromatic carbocycles. The predicted octanol–water partition coefficient (Wildman–Crippen LogP) is 2.45. The molecule has 2 aliphatic rings. The Morgan fingerprint density at radius 1 is 1.18 bits per heavy atom. The number of carbonyl (C=O) groups is 2. The molecule has 22 heavy (non-hydrogen) atoms. The van der Waals surface area contributed by atoms with Gasteiger partial charge in [0.15, 0.2) is 6.10 Å². The molecule has 0 bridgehead atoms. The van der Waals surface area contributed by atoms with Crippen LogP contribution in [0.15, 0.2) is 38.8 Å². The Kier molecular flexibility index (Phi) is 4.28. The number of hydrogen-bond acceptors (Lipinski definition) is 7. The highest BCUT2D eigenvalue weighted by molar-refractivity contribution is 8.27. The van der Waals surface area contributed by atoms with Gasteiger partial charge in [0.1, 0.15) is 11.5 Å². The van der Waals surface area contributed by atoms with E-state index in [-0.39, 0.29) is 35.7 Å². The SMILES string of the molecule is O=C1C(=C2SC=CS2)C(=O)C(CCO)Oc2ccc(O)cc21. The van der Waals surface area contributed by atoms with E-state index >= 15 is 0 Å². The Balaban J connectivity index is 2.15. The number of hydrogen-bond donors (Lipinski definition) is 2. The molecule has 0 aromatic heterocycles. The maximum atomic E-state index is 12.7. The van der Waals surface area contributed by atoms with E-state index in [4.69, 9.17) is 9.84 Å². The molecular formula is C15H12O5S2. The quantitative estimate of drug-likeness (QED) is 0.634. The molecule has 2 N–H and O–H groups in total. The number of aliphatic hydroxyl groups is 1. The summed E-state index contributed by atoms with van der Waals surface area (Å²) in [5, 5.41) is 22.3. The smallest absolute Gasteiger partial charge is 0.209 e. The van der Waals surface area contributed by atoms with Crippen molar-refractivity contribution in [3.8, 4) is 11.5 Å². The maximum Gasteiger partial charge on any atom is 0.209 e. The fraction of sp³-hybridized carbons (Fsp3) is 0.200. The Labute approximate surface area is 135 Å². The average molecular weight is 336 g/mol. The molecule has 7 heteroatoms. The van der Waals surface area contributed by atoms with Crippen LogP contribution in [0.4, 0.5) is 0 Å². The first-order valence-electron chi connectivity index (χ1n) is 6.54. The molecule has 0 amide bonds. The van der Waals surface area contributed by atoms with Crippen molar-refractivity contribution < 1.29 is 24.5 Å². The molecule has 1 unspecified atom stereocenters. The molecule has 5 nitrogen and oxygen atoms in total. The average Bonchev–Trinajstić information content (AvgIpc) is 2.99. The number of Topliss-reactive ketones (excluding diaryl/α,β-unsaturated/α-hetero) is 2. The van der Waals surface area contributed by atoms with Gasteiger partial charge < -0.3 is 14.9 Å². The number of carbonyl (C=O) groups excluding carboxylic acids is 2. The second kappa shape index (κ2) is 6.20. The van der Waals surface area contributed by atoms with E-state index in [9.17, 15) is 14.7 Å². The van der Waals surface area contributed by atoms with Crippen LogP contribution in [0.2, 0.25) is 0 Å². The van der Waals surface area contributed by atoms with E-state index in [0.29, 0.717) is 4.24 Å². The molecule has 3 rings (SSSR count). The molecule has 114 valence electrons. The zero-order chi connectivity index (χ0) is 15.7. The van der Waals surface area contributed by atoms with Gasteiger partial charge >= 0.3 is 0 Å². The van der Waals surface area contributed by atoms with Crippen LogP contribution in [-0.2, 0) is 4.79 Å². The summed E-state index contributed by atoms with van der Waals surface area (Å²) in [6.07, 6.45) is -0.810. The summed E-state index contributed by atoms with van der Waals surface area (Å²) in [5.74, 6) is -0.729. The van der Waals surface area contributed by atoms with Crippen molar-refractivity contribution in [2.75, 3.05) is 6.61 Å². The standard InChI is InChI=1S/C15H12O5S2/c16-4-3-11-14(19)12(15-21-5-6-22-15)13(18)9-7-8(17)1-2-10(9)20-11/h1-2,5-7,11,16-17H,3-4H2. The van der Waals surface area contributed by atoms with Gasteiger partial charge in [-0.25, -0.2) is 0 Å². The molecule has 0 saturated carbocycles. The highest BCUT2D eigenvalue weighted by Gasteiger charge is 2.37. The van der Waals surface area contributed by atoms with Crippen LogP contribution in [0.1, 0.15) is 16.8 Å². The molecule has 1 atom stereocenters. The van der Waals surface area contributed by atoms with Gasteiger partial charge in [-0.05, 0) is 29.0 Å². The number of rotatable bonds is 2. The van der Waals surface area contributed by atoms with Gasteiger partial charge in [0.25, 0.3) is 0 Å². The second-order valence-corrected chi connectivity index (χ2v) is 6.75. The van der Waals surface area contributed by atoms with Crippen molar-refractivity contribution >= 4 is 35.1 Å². The van der Waals surface area contributed by atoms with Crippen LogP contribution in [0.5, 0.6) is 11.5 Å². The van der Waals surface area contributed by atoms with Gasteiger partial charge in [0, 0.05) is 13.0 Å².